The molecule has 0 fully saturated rings. The van der Waals surface area contributed by atoms with Crippen LogP contribution in [-0.2, 0) is 17.6 Å². The summed E-state index contributed by atoms with van der Waals surface area (Å²) in [7, 11) is 0. The van der Waals surface area contributed by atoms with Crippen molar-refractivity contribution in [3.63, 3.8) is 0 Å². The molecule has 0 aromatic heterocycles. The van der Waals surface area contributed by atoms with Crippen molar-refractivity contribution in [1.82, 2.24) is 0 Å². The Morgan fingerprint density at radius 2 is 1.18 bits per heavy atom. The Balaban J connectivity index is 0.000000325. The largest absolute Gasteiger partial charge is 0.381 e. The molecular formula is C16H28O. The van der Waals surface area contributed by atoms with Crippen LogP contribution in [0.4, 0.5) is 0 Å². The molecule has 0 aliphatic heterocycles. The van der Waals surface area contributed by atoms with E-state index in [0.717, 1.165) is 38.9 Å². The molecule has 98 valence electrons. The first-order valence-electron chi connectivity index (χ1n) is 6.94. The molecule has 0 atom stereocenters. The fourth-order valence-corrected chi connectivity index (χ4v) is 1.64. The number of hydrogen-bond acceptors (Lipinski definition) is 1. The lowest BCUT2D eigenvalue weighted by Gasteiger charge is -2.02. The normalized spacial score (nSPS) is 9.65. The Bertz CT molecular complexity index is 241. The molecule has 0 aliphatic carbocycles. The summed E-state index contributed by atoms with van der Waals surface area (Å²) >= 11 is 0. The average Bonchev–Trinajstić information content (AvgIpc) is 2.40. The lowest BCUT2D eigenvalue weighted by Crippen LogP contribution is -1.92. The van der Waals surface area contributed by atoms with Gasteiger partial charge in [-0.3, -0.25) is 0 Å². The zero-order valence-electron chi connectivity index (χ0n) is 12.0. The molecule has 17 heavy (non-hydrogen) atoms. The highest BCUT2D eigenvalue weighted by Crippen LogP contribution is 2.08. The number of ether oxygens (including phenoxy) is 1. The first-order chi connectivity index (χ1) is 8.29. The molecule has 1 nitrogen and oxygen atoms in total. The van der Waals surface area contributed by atoms with E-state index in [2.05, 4.69) is 52.0 Å². The molecule has 0 spiro atoms. The van der Waals surface area contributed by atoms with Gasteiger partial charge in [0.1, 0.15) is 0 Å². The summed E-state index contributed by atoms with van der Waals surface area (Å²) in [5.74, 6) is 0. The van der Waals surface area contributed by atoms with E-state index in [1.165, 1.54) is 11.1 Å². The zero-order valence-corrected chi connectivity index (χ0v) is 12.0. The van der Waals surface area contributed by atoms with Crippen LogP contribution in [0.5, 0.6) is 0 Å². The minimum atomic E-state index is 0.924. The Morgan fingerprint density at radius 3 is 1.47 bits per heavy atom. The van der Waals surface area contributed by atoms with Crippen LogP contribution in [0.2, 0.25) is 0 Å². The van der Waals surface area contributed by atoms with Crippen LogP contribution in [0.3, 0.4) is 0 Å². The number of benzene rings is 1. The third-order valence-electron chi connectivity index (χ3n) is 2.58. The fourth-order valence-electron chi connectivity index (χ4n) is 1.64. The predicted octanol–water partition coefficient (Wildman–Crippen LogP) is 4.63. The minimum absolute atomic E-state index is 0.924. The van der Waals surface area contributed by atoms with Crippen LogP contribution in [0.25, 0.3) is 0 Å². The molecule has 0 amide bonds. The monoisotopic (exact) mass is 236 g/mol. The van der Waals surface area contributed by atoms with Gasteiger partial charge in [0.2, 0.25) is 0 Å². The molecule has 0 saturated heterocycles. The van der Waals surface area contributed by atoms with Crippen molar-refractivity contribution in [2.75, 3.05) is 13.2 Å². The highest BCUT2D eigenvalue weighted by atomic mass is 16.5. The van der Waals surface area contributed by atoms with E-state index in [9.17, 15) is 0 Å². The van der Waals surface area contributed by atoms with Crippen LogP contribution >= 0.6 is 0 Å². The molecular weight excluding hydrogens is 208 g/mol. The highest BCUT2D eigenvalue weighted by Gasteiger charge is 1.93. The second-order valence-electron chi connectivity index (χ2n) is 4.09. The summed E-state index contributed by atoms with van der Waals surface area (Å²) < 4.78 is 5.13. The molecule has 0 bridgehead atoms. The van der Waals surface area contributed by atoms with Gasteiger partial charge in [-0.1, -0.05) is 52.0 Å². The van der Waals surface area contributed by atoms with Gasteiger partial charge in [-0.25, -0.2) is 0 Å². The Hall–Kier alpha value is -0.820. The van der Waals surface area contributed by atoms with E-state index >= 15 is 0 Å². The summed E-state index contributed by atoms with van der Waals surface area (Å²) in [5.41, 5.74) is 2.98. The predicted molar refractivity (Wildman–Crippen MR) is 76.6 cm³/mol. The lowest BCUT2D eigenvalue weighted by molar-refractivity contribution is 0.135. The van der Waals surface area contributed by atoms with Crippen LogP contribution in [0.1, 0.15) is 51.7 Å². The second-order valence-corrected chi connectivity index (χ2v) is 4.09. The highest BCUT2D eigenvalue weighted by molar-refractivity contribution is 5.26. The first-order valence-corrected chi connectivity index (χ1v) is 6.94. The molecule has 0 saturated carbocycles. The molecule has 1 aromatic rings. The summed E-state index contributed by atoms with van der Waals surface area (Å²) in [6.07, 6.45) is 4.59. The van der Waals surface area contributed by atoms with E-state index in [4.69, 9.17) is 4.74 Å². The van der Waals surface area contributed by atoms with E-state index in [1.807, 2.05) is 0 Å². The quantitative estimate of drug-likeness (QED) is 0.654. The molecule has 1 aromatic carbocycles. The number of rotatable bonds is 6. The van der Waals surface area contributed by atoms with Gasteiger partial charge in [-0.05, 0) is 36.8 Å². The van der Waals surface area contributed by atoms with Crippen LogP contribution in [0, 0.1) is 0 Å². The van der Waals surface area contributed by atoms with Gasteiger partial charge in [-0.2, -0.15) is 0 Å². The Morgan fingerprint density at radius 1 is 0.765 bits per heavy atom. The van der Waals surface area contributed by atoms with Crippen molar-refractivity contribution >= 4 is 0 Å². The van der Waals surface area contributed by atoms with Gasteiger partial charge in [0.05, 0.1) is 0 Å². The van der Waals surface area contributed by atoms with E-state index < -0.39 is 0 Å². The number of aryl methyl sites for hydroxylation is 2. The first kappa shape index (κ1) is 16.2. The molecule has 0 unspecified atom stereocenters. The SMILES string of the molecule is CCCOCCC.CCc1ccccc1CC. The van der Waals surface area contributed by atoms with E-state index in [0.29, 0.717) is 0 Å². The van der Waals surface area contributed by atoms with E-state index in [1.54, 1.807) is 0 Å². The molecule has 0 heterocycles. The molecule has 1 heteroatoms. The summed E-state index contributed by atoms with van der Waals surface area (Å²) in [5, 5.41) is 0. The molecule has 0 aliphatic rings. The van der Waals surface area contributed by atoms with Crippen LogP contribution < -0.4 is 0 Å². The molecule has 1 rings (SSSR count). The van der Waals surface area contributed by atoms with Gasteiger partial charge in [0.25, 0.3) is 0 Å². The van der Waals surface area contributed by atoms with Gasteiger partial charge in [0, 0.05) is 13.2 Å². The van der Waals surface area contributed by atoms with Crippen molar-refractivity contribution in [2.45, 2.75) is 53.4 Å². The van der Waals surface area contributed by atoms with Crippen LogP contribution in [-0.4, -0.2) is 13.2 Å². The fraction of sp³-hybridized carbons (Fsp3) is 0.625. The zero-order chi connectivity index (χ0) is 12.9. The van der Waals surface area contributed by atoms with E-state index in [-0.39, 0.29) is 0 Å². The van der Waals surface area contributed by atoms with Crippen molar-refractivity contribution in [3.8, 4) is 0 Å². The number of hydrogen-bond donors (Lipinski definition) is 0. The van der Waals surface area contributed by atoms with Gasteiger partial charge < -0.3 is 4.74 Å². The van der Waals surface area contributed by atoms with Gasteiger partial charge >= 0.3 is 0 Å². The standard InChI is InChI=1S/C10H14.C6H14O/c1-3-9-7-5-6-8-10(9)4-2;1-3-5-7-6-4-2/h5-8H,3-4H2,1-2H3;3-6H2,1-2H3. The third-order valence-corrected chi connectivity index (χ3v) is 2.58. The van der Waals surface area contributed by atoms with Crippen LogP contribution in [0.15, 0.2) is 24.3 Å². The second kappa shape index (κ2) is 11.7. The maximum atomic E-state index is 5.13. The maximum Gasteiger partial charge on any atom is 0.0463 e. The summed E-state index contributed by atoms with van der Waals surface area (Å²) in [4.78, 5) is 0. The Kier molecular flexibility index (Phi) is 11.1. The third kappa shape index (κ3) is 7.98. The summed E-state index contributed by atoms with van der Waals surface area (Å²) in [6, 6.07) is 8.63. The summed E-state index contributed by atoms with van der Waals surface area (Å²) in [6.45, 7) is 10.5. The van der Waals surface area contributed by atoms with Crippen molar-refractivity contribution in [3.05, 3.63) is 35.4 Å². The van der Waals surface area contributed by atoms with Gasteiger partial charge in [0.15, 0.2) is 0 Å². The lowest BCUT2D eigenvalue weighted by atomic mass is 10.0. The average molecular weight is 236 g/mol. The maximum absolute atomic E-state index is 5.13. The molecule has 0 N–H and O–H groups in total. The van der Waals surface area contributed by atoms with Crippen molar-refractivity contribution in [2.24, 2.45) is 0 Å². The van der Waals surface area contributed by atoms with Gasteiger partial charge in [-0.15, -0.1) is 0 Å². The Labute approximate surface area is 107 Å². The smallest absolute Gasteiger partial charge is 0.0463 e. The van der Waals surface area contributed by atoms with Crippen molar-refractivity contribution < 1.29 is 4.74 Å². The molecule has 0 radical (unpaired) electrons. The minimum Gasteiger partial charge on any atom is -0.381 e. The van der Waals surface area contributed by atoms with Crippen molar-refractivity contribution in [1.29, 1.82) is 0 Å². The topological polar surface area (TPSA) is 9.23 Å².